The van der Waals surface area contributed by atoms with E-state index in [1.807, 2.05) is 0 Å². The van der Waals surface area contributed by atoms with E-state index in [2.05, 4.69) is 42.5 Å². The molecule has 17 heavy (non-hydrogen) atoms. The lowest BCUT2D eigenvalue weighted by molar-refractivity contribution is -0.120. The second-order valence-electron chi connectivity index (χ2n) is 4.92. The molecule has 1 nitrogen and oxygen atoms in total. The smallest absolute Gasteiger partial charge is 0.132 e. The Morgan fingerprint density at radius 2 is 1.59 bits per heavy atom. The van der Waals surface area contributed by atoms with Crippen LogP contribution >= 0.6 is 0 Å². The van der Waals surface area contributed by atoms with Crippen molar-refractivity contribution in [3.8, 4) is 0 Å². The lowest BCUT2D eigenvalue weighted by Gasteiger charge is -2.21. The van der Waals surface area contributed by atoms with Crippen molar-refractivity contribution in [2.45, 2.75) is 31.6 Å². The maximum atomic E-state index is 11.3. The Labute approximate surface area is 101 Å². The van der Waals surface area contributed by atoms with Gasteiger partial charge in [0.05, 0.1) is 0 Å². The van der Waals surface area contributed by atoms with E-state index in [0.29, 0.717) is 11.7 Å². The van der Waals surface area contributed by atoms with E-state index in [-0.39, 0.29) is 0 Å². The van der Waals surface area contributed by atoms with Gasteiger partial charge >= 0.3 is 0 Å². The fourth-order valence-corrected chi connectivity index (χ4v) is 2.73. The van der Waals surface area contributed by atoms with Gasteiger partial charge in [-0.3, -0.25) is 4.79 Å². The van der Waals surface area contributed by atoms with Crippen LogP contribution in [0.5, 0.6) is 0 Å². The lowest BCUT2D eigenvalue weighted by Crippen LogP contribution is -2.12. The highest BCUT2D eigenvalue weighted by atomic mass is 16.1. The molecular formula is C16H16O. The molecule has 0 atom stereocenters. The summed E-state index contributed by atoms with van der Waals surface area (Å²) < 4.78 is 0. The summed E-state index contributed by atoms with van der Waals surface area (Å²) in [6.45, 7) is 0. The topological polar surface area (TPSA) is 17.1 Å². The fourth-order valence-electron chi connectivity index (χ4n) is 2.73. The van der Waals surface area contributed by atoms with Crippen LogP contribution in [0.15, 0.2) is 42.5 Å². The predicted molar refractivity (Wildman–Crippen MR) is 70.2 cm³/mol. The van der Waals surface area contributed by atoms with Crippen LogP contribution in [0.25, 0.3) is 10.8 Å². The molecule has 2 aromatic rings. The van der Waals surface area contributed by atoms with Gasteiger partial charge in [-0.1, -0.05) is 42.5 Å². The van der Waals surface area contributed by atoms with Gasteiger partial charge in [0.2, 0.25) is 0 Å². The number of fused-ring (bicyclic) bond motifs is 1. The van der Waals surface area contributed by atoms with E-state index >= 15 is 0 Å². The molecule has 3 rings (SSSR count). The summed E-state index contributed by atoms with van der Waals surface area (Å²) >= 11 is 0. The molecule has 0 bridgehead atoms. The molecule has 0 unspecified atom stereocenters. The van der Waals surface area contributed by atoms with E-state index in [4.69, 9.17) is 0 Å². The first-order valence-electron chi connectivity index (χ1n) is 6.33. The molecule has 1 saturated carbocycles. The maximum absolute atomic E-state index is 11.3. The van der Waals surface area contributed by atoms with Crippen LogP contribution in [0.2, 0.25) is 0 Å². The maximum Gasteiger partial charge on any atom is 0.132 e. The number of carbonyl (C=O) groups is 1. The third-order valence-corrected chi connectivity index (χ3v) is 3.79. The van der Waals surface area contributed by atoms with Crippen molar-refractivity contribution in [3.05, 3.63) is 48.0 Å². The van der Waals surface area contributed by atoms with Crippen LogP contribution in [0.1, 0.15) is 37.2 Å². The summed E-state index contributed by atoms with van der Waals surface area (Å²) in [4.78, 5) is 11.3. The number of benzene rings is 2. The number of ketones is 1. The van der Waals surface area contributed by atoms with Gasteiger partial charge in [-0.15, -0.1) is 0 Å². The van der Waals surface area contributed by atoms with Crippen LogP contribution in [0.3, 0.4) is 0 Å². The Morgan fingerprint density at radius 1 is 0.882 bits per heavy atom. The second kappa shape index (κ2) is 4.33. The number of hydrogen-bond donors (Lipinski definition) is 0. The quantitative estimate of drug-likeness (QED) is 0.713. The largest absolute Gasteiger partial charge is 0.300 e. The molecule has 0 radical (unpaired) electrons. The monoisotopic (exact) mass is 224 g/mol. The molecular weight excluding hydrogens is 208 g/mol. The molecule has 0 saturated heterocycles. The van der Waals surface area contributed by atoms with Gasteiger partial charge in [-0.25, -0.2) is 0 Å². The molecule has 0 amide bonds. The minimum absolute atomic E-state index is 0.432. The minimum Gasteiger partial charge on any atom is -0.300 e. The molecule has 1 fully saturated rings. The fraction of sp³-hybridized carbons (Fsp3) is 0.312. The SMILES string of the molecule is O=C1CCC(c2ccc3ccccc3c2)CC1. The summed E-state index contributed by atoms with van der Waals surface area (Å²) in [6.07, 6.45) is 3.57. The number of carbonyl (C=O) groups excluding carboxylic acids is 1. The average molecular weight is 224 g/mol. The van der Waals surface area contributed by atoms with Crippen molar-refractivity contribution in [1.29, 1.82) is 0 Å². The Kier molecular flexibility index (Phi) is 2.68. The van der Waals surface area contributed by atoms with Gasteiger partial charge < -0.3 is 0 Å². The Bertz CT molecular complexity index is 546. The Hall–Kier alpha value is -1.63. The number of rotatable bonds is 1. The van der Waals surface area contributed by atoms with Gasteiger partial charge in [-0.2, -0.15) is 0 Å². The highest BCUT2D eigenvalue weighted by Gasteiger charge is 2.20. The van der Waals surface area contributed by atoms with Crippen molar-refractivity contribution >= 4 is 16.6 Å². The van der Waals surface area contributed by atoms with Crippen LogP contribution in [0, 0.1) is 0 Å². The van der Waals surface area contributed by atoms with Crippen molar-refractivity contribution in [3.63, 3.8) is 0 Å². The summed E-state index contributed by atoms with van der Waals surface area (Å²) in [5, 5.41) is 2.60. The molecule has 86 valence electrons. The highest BCUT2D eigenvalue weighted by molar-refractivity contribution is 5.83. The highest BCUT2D eigenvalue weighted by Crippen LogP contribution is 2.32. The first-order valence-corrected chi connectivity index (χ1v) is 6.33. The van der Waals surface area contributed by atoms with Crippen molar-refractivity contribution in [2.24, 2.45) is 0 Å². The minimum atomic E-state index is 0.432. The van der Waals surface area contributed by atoms with Crippen LogP contribution in [-0.4, -0.2) is 5.78 Å². The summed E-state index contributed by atoms with van der Waals surface area (Å²) in [5.74, 6) is 1.01. The average Bonchev–Trinajstić information content (AvgIpc) is 2.39. The van der Waals surface area contributed by atoms with E-state index in [1.165, 1.54) is 16.3 Å². The lowest BCUT2D eigenvalue weighted by atomic mass is 9.83. The van der Waals surface area contributed by atoms with Gasteiger partial charge in [0.1, 0.15) is 5.78 Å². The molecule has 0 heterocycles. The van der Waals surface area contributed by atoms with E-state index in [1.54, 1.807) is 0 Å². The summed E-state index contributed by atoms with van der Waals surface area (Å²) in [6, 6.07) is 15.2. The van der Waals surface area contributed by atoms with Crippen LogP contribution in [-0.2, 0) is 4.79 Å². The normalized spacial score (nSPS) is 17.5. The molecule has 2 aromatic carbocycles. The molecule has 0 N–H and O–H groups in total. The van der Waals surface area contributed by atoms with Gasteiger partial charge in [0.25, 0.3) is 0 Å². The van der Waals surface area contributed by atoms with Gasteiger partial charge in [-0.05, 0) is 35.1 Å². The zero-order valence-electron chi connectivity index (χ0n) is 9.86. The number of Topliss-reactive ketones (excluding diaryl/α,β-unsaturated/α-hetero) is 1. The molecule has 0 aromatic heterocycles. The zero-order chi connectivity index (χ0) is 11.7. The Morgan fingerprint density at radius 3 is 2.35 bits per heavy atom. The van der Waals surface area contributed by atoms with Crippen LogP contribution < -0.4 is 0 Å². The summed E-state index contributed by atoms with van der Waals surface area (Å²) in [7, 11) is 0. The molecule has 0 aliphatic heterocycles. The second-order valence-corrected chi connectivity index (χ2v) is 4.92. The van der Waals surface area contributed by atoms with E-state index in [9.17, 15) is 4.79 Å². The summed E-state index contributed by atoms with van der Waals surface area (Å²) in [5.41, 5.74) is 1.40. The van der Waals surface area contributed by atoms with Crippen molar-refractivity contribution in [2.75, 3.05) is 0 Å². The first-order chi connectivity index (χ1) is 8.33. The third-order valence-electron chi connectivity index (χ3n) is 3.79. The molecule has 1 aliphatic rings. The van der Waals surface area contributed by atoms with Crippen LogP contribution in [0.4, 0.5) is 0 Å². The zero-order valence-corrected chi connectivity index (χ0v) is 9.86. The van der Waals surface area contributed by atoms with E-state index < -0.39 is 0 Å². The molecule has 1 aliphatic carbocycles. The van der Waals surface area contributed by atoms with Crippen molar-refractivity contribution < 1.29 is 4.79 Å². The predicted octanol–water partition coefficient (Wildman–Crippen LogP) is 4.07. The van der Waals surface area contributed by atoms with E-state index in [0.717, 1.165) is 25.7 Å². The van der Waals surface area contributed by atoms with Gasteiger partial charge in [0, 0.05) is 12.8 Å². The first kappa shape index (κ1) is 10.5. The standard InChI is InChI=1S/C16H16O/c17-16-9-7-13(8-10-16)15-6-5-12-3-1-2-4-14(12)11-15/h1-6,11,13H,7-10H2. The Balaban J connectivity index is 1.92. The third kappa shape index (κ3) is 2.10. The number of hydrogen-bond acceptors (Lipinski definition) is 1. The molecule has 0 spiro atoms. The molecule has 1 heteroatoms. The van der Waals surface area contributed by atoms with Gasteiger partial charge in [0.15, 0.2) is 0 Å². The van der Waals surface area contributed by atoms with Crippen molar-refractivity contribution in [1.82, 2.24) is 0 Å².